The molecule has 3 rings (SSSR count). The van der Waals surface area contributed by atoms with Gasteiger partial charge in [-0.25, -0.2) is 4.98 Å². The van der Waals surface area contributed by atoms with Gasteiger partial charge in [-0.15, -0.1) is 0 Å². The number of aromatic nitrogens is 1. The zero-order valence-electron chi connectivity index (χ0n) is 10.7. The van der Waals surface area contributed by atoms with Crippen molar-refractivity contribution in [3.05, 3.63) is 35.9 Å². The highest BCUT2D eigenvalue weighted by Crippen LogP contribution is 2.20. The first-order chi connectivity index (χ1) is 9.36. The lowest BCUT2D eigenvalue weighted by Gasteiger charge is -2.12. The minimum Gasteiger partial charge on any atom is -0.368 e. The van der Waals surface area contributed by atoms with Crippen molar-refractivity contribution in [2.24, 2.45) is 0 Å². The van der Waals surface area contributed by atoms with Gasteiger partial charge in [0.25, 0.3) is 0 Å². The highest BCUT2D eigenvalue weighted by Gasteiger charge is 2.14. The molecule has 1 unspecified atom stereocenters. The zero-order chi connectivity index (χ0) is 13.1. The van der Waals surface area contributed by atoms with Gasteiger partial charge in [-0.05, 0) is 31.5 Å². The van der Waals surface area contributed by atoms with Crippen molar-refractivity contribution < 1.29 is 0 Å². The molecule has 4 heteroatoms. The van der Waals surface area contributed by atoms with Gasteiger partial charge in [0.15, 0.2) is 0 Å². The molecule has 1 fully saturated rings. The minimum absolute atomic E-state index is 0.513. The summed E-state index contributed by atoms with van der Waals surface area (Å²) in [5.74, 6) is 0.781. The quantitative estimate of drug-likeness (QED) is 0.879. The van der Waals surface area contributed by atoms with Crippen LogP contribution in [0.1, 0.15) is 18.4 Å². The van der Waals surface area contributed by atoms with Gasteiger partial charge in [-0.3, -0.25) is 0 Å². The van der Waals surface area contributed by atoms with Crippen LogP contribution in [0.4, 0.5) is 5.82 Å². The van der Waals surface area contributed by atoms with Crippen molar-refractivity contribution in [1.29, 1.82) is 5.26 Å². The molecule has 4 nitrogen and oxygen atoms in total. The molecule has 0 bridgehead atoms. The van der Waals surface area contributed by atoms with Crippen molar-refractivity contribution in [2.45, 2.75) is 18.9 Å². The number of rotatable bonds is 3. The van der Waals surface area contributed by atoms with Crippen molar-refractivity contribution in [3.8, 4) is 6.07 Å². The summed E-state index contributed by atoms with van der Waals surface area (Å²) < 4.78 is 0. The molecule has 1 aromatic carbocycles. The average Bonchev–Trinajstić information content (AvgIpc) is 2.97. The predicted octanol–water partition coefficient (Wildman–Crippen LogP) is 2.27. The van der Waals surface area contributed by atoms with E-state index < -0.39 is 0 Å². The number of hydrogen-bond donors (Lipinski definition) is 2. The van der Waals surface area contributed by atoms with E-state index in [9.17, 15) is 5.26 Å². The van der Waals surface area contributed by atoms with Gasteiger partial charge >= 0.3 is 0 Å². The van der Waals surface area contributed by atoms with E-state index in [1.807, 2.05) is 30.3 Å². The van der Waals surface area contributed by atoms with E-state index in [0.717, 1.165) is 29.8 Å². The summed E-state index contributed by atoms with van der Waals surface area (Å²) >= 11 is 0. The van der Waals surface area contributed by atoms with Gasteiger partial charge in [-0.1, -0.05) is 18.2 Å². The monoisotopic (exact) mass is 252 g/mol. The molecule has 1 aliphatic rings. The normalized spacial score (nSPS) is 18.4. The van der Waals surface area contributed by atoms with Crippen molar-refractivity contribution in [3.63, 3.8) is 0 Å². The Morgan fingerprint density at radius 3 is 3.11 bits per heavy atom. The first kappa shape index (κ1) is 11.9. The van der Waals surface area contributed by atoms with Crippen LogP contribution >= 0.6 is 0 Å². The maximum atomic E-state index is 9.22. The Morgan fingerprint density at radius 2 is 2.32 bits per heavy atom. The Bertz CT molecular complexity index is 624. The fourth-order valence-electron chi connectivity index (χ4n) is 2.52. The van der Waals surface area contributed by atoms with E-state index in [-0.39, 0.29) is 0 Å². The first-order valence-electron chi connectivity index (χ1n) is 6.64. The standard InChI is InChI=1S/C15H16N4/c16-9-11-8-15(18-10-12-4-3-7-17-12)19-14-6-2-1-5-13(11)14/h1-2,5-6,8,12,17H,3-4,7,10H2,(H,18,19). The summed E-state index contributed by atoms with van der Waals surface area (Å²) in [6.45, 7) is 1.96. The zero-order valence-corrected chi connectivity index (χ0v) is 10.7. The smallest absolute Gasteiger partial charge is 0.128 e. The number of anilines is 1. The highest BCUT2D eigenvalue weighted by molar-refractivity contribution is 5.86. The van der Waals surface area contributed by atoms with E-state index in [4.69, 9.17) is 0 Å². The van der Waals surface area contributed by atoms with E-state index in [2.05, 4.69) is 21.7 Å². The average molecular weight is 252 g/mol. The lowest BCUT2D eigenvalue weighted by Crippen LogP contribution is -2.29. The number of pyridine rings is 1. The summed E-state index contributed by atoms with van der Waals surface area (Å²) in [6, 6.07) is 12.3. The van der Waals surface area contributed by atoms with Crippen LogP contribution in [0.3, 0.4) is 0 Å². The van der Waals surface area contributed by atoms with Crippen molar-refractivity contribution in [2.75, 3.05) is 18.4 Å². The van der Waals surface area contributed by atoms with Gasteiger partial charge in [0.05, 0.1) is 17.1 Å². The molecular weight excluding hydrogens is 236 g/mol. The van der Waals surface area contributed by atoms with E-state index >= 15 is 0 Å². The number of nitriles is 1. The molecule has 0 amide bonds. The van der Waals surface area contributed by atoms with E-state index in [1.165, 1.54) is 12.8 Å². The van der Waals surface area contributed by atoms with Crippen LogP contribution in [-0.2, 0) is 0 Å². The molecule has 0 aliphatic carbocycles. The predicted molar refractivity (Wildman–Crippen MR) is 76.0 cm³/mol. The summed E-state index contributed by atoms with van der Waals surface area (Å²) in [6.07, 6.45) is 2.44. The van der Waals surface area contributed by atoms with Gasteiger partial charge in [0.1, 0.15) is 5.82 Å². The molecule has 1 saturated heterocycles. The molecule has 0 spiro atoms. The number of fused-ring (bicyclic) bond motifs is 1. The molecule has 0 saturated carbocycles. The maximum absolute atomic E-state index is 9.22. The van der Waals surface area contributed by atoms with Crippen LogP contribution in [0.5, 0.6) is 0 Å². The van der Waals surface area contributed by atoms with Gasteiger partial charge < -0.3 is 10.6 Å². The second kappa shape index (κ2) is 5.25. The van der Waals surface area contributed by atoms with Crippen LogP contribution in [0, 0.1) is 11.3 Å². The number of hydrogen-bond acceptors (Lipinski definition) is 4. The summed E-state index contributed by atoms with van der Waals surface area (Å²) in [7, 11) is 0. The van der Waals surface area contributed by atoms with E-state index in [1.54, 1.807) is 0 Å². The number of nitrogens with zero attached hydrogens (tertiary/aromatic N) is 2. The number of para-hydroxylation sites is 1. The van der Waals surface area contributed by atoms with Crippen molar-refractivity contribution in [1.82, 2.24) is 10.3 Å². The third kappa shape index (κ3) is 2.51. The fourth-order valence-corrected chi connectivity index (χ4v) is 2.52. The largest absolute Gasteiger partial charge is 0.368 e. The Hall–Kier alpha value is -2.12. The van der Waals surface area contributed by atoms with Crippen LogP contribution in [0.25, 0.3) is 10.9 Å². The summed E-state index contributed by atoms with van der Waals surface area (Å²) in [5, 5.41) is 16.9. The molecule has 96 valence electrons. The second-order valence-electron chi connectivity index (χ2n) is 4.86. The minimum atomic E-state index is 0.513. The van der Waals surface area contributed by atoms with Crippen LogP contribution < -0.4 is 10.6 Å². The van der Waals surface area contributed by atoms with Gasteiger partial charge in [-0.2, -0.15) is 5.26 Å². The Kier molecular flexibility index (Phi) is 3.30. The van der Waals surface area contributed by atoms with Crippen LogP contribution in [-0.4, -0.2) is 24.1 Å². The van der Waals surface area contributed by atoms with Crippen molar-refractivity contribution >= 4 is 16.7 Å². The Balaban J connectivity index is 1.85. The molecule has 19 heavy (non-hydrogen) atoms. The third-order valence-corrected chi connectivity index (χ3v) is 3.53. The van der Waals surface area contributed by atoms with E-state index in [0.29, 0.717) is 11.6 Å². The van der Waals surface area contributed by atoms with Crippen LogP contribution in [0.15, 0.2) is 30.3 Å². The lowest BCUT2D eigenvalue weighted by atomic mass is 10.1. The maximum Gasteiger partial charge on any atom is 0.128 e. The summed E-state index contributed by atoms with van der Waals surface area (Å²) in [5.41, 5.74) is 1.54. The molecule has 1 aromatic heterocycles. The third-order valence-electron chi connectivity index (χ3n) is 3.53. The lowest BCUT2D eigenvalue weighted by molar-refractivity contribution is 0.632. The molecule has 2 heterocycles. The van der Waals surface area contributed by atoms with Gasteiger partial charge in [0.2, 0.25) is 0 Å². The second-order valence-corrected chi connectivity index (χ2v) is 4.86. The first-order valence-corrected chi connectivity index (χ1v) is 6.64. The summed E-state index contributed by atoms with van der Waals surface area (Å²) in [4.78, 5) is 4.55. The van der Waals surface area contributed by atoms with Crippen LogP contribution in [0.2, 0.25) is 0 Å². The molecular formula is C15H16N4. The number of nitrogens with one attached hydrogen (secondary N) is 2. The molecule has 1 atom stereocenters. The molecule has 0 radical (unpaired) electrons. The topological polar surface area (TPSA) is 60.7 Å². The molecule has 2 aromatic rings. The fraction of sp³-hybridized carbons (Fsp3) is 0.333. The Morgan fingerprint density at radius 1 is 1.42 bits per heavy atom. The Labute approximate surface area is 112 Å². The van der Waals surface area contributed by atoms with Gasteiger partial charge in [0, 0.05) is 18.0 Å². The SMILES string of the molecule is N#Cc1cc(NCC2CCCN2)nc2ccccc12. The number of benzene rings is 1. The highest BCUT2D eigenvalue weighted by atomic mass is 15.0. The molecule has 1 aliphatic heterocycles. The molecule has 2 N–H and O–H groups in total.